The van der Waals surface area contributed by atoms with Gasteiger partial charge in [-0.15, -0.1) is 0 Å². The lowest BCUT2D eigenvalue weighted by Crippen LogP contribution is -2.50. The van der Waals surface area contributed by atoms with Crippen molar-refractivity contribution < 1.29 is 19.4 Å². The van der Waals surface area contributed by atoms with Crippen LogP contribution in [0.15, 0.2) is 0 Å². The molecule has 1 aliphatic rings. The average molecular weight is 257 g/mol. The zero-order valence-corrected chi connectivity index (χ0v) is 11.7. The van der Waals surface area contributed by atoms with E-state index < -0.39 is 23.7 Å². The van der Waals surface area contributed by atoms with E-state index in [-0.39, 0.29) is 11.3 Å². The van der Waals surface area contributed by atoms with Crippen molar-refractivity contribution in [2.24, 2.45) is 11.3 Å². The molecule has 0 bridgehead atoms. The Bertz CT molecular complexity index is 339. The van der Waals surface area contributed by atoms with Crippen LogP contribution in [0.2, 0.25) is 0 Å². The molecule has 1 atom stereocenters. The summed E-state index contributed by atoms with van der Waals surface area (Å²) in [5.74, 6) is -0.777. The Kier molecular flexibility index (Phi) is 3.93. The summed E-state index contributed by atoms with van der Waals surface area (Å²) in [5.41, 5.74) is -0.940. The van der Waals surface area contributed by atoms with Crippen LogP contribution in [0.25, 0.3) is 0 Å². The number of ether oxygens (including phenoxy) is 1. The molecule has 0 radical (unpaired) electrons. The molecular weight excluding hydrogens is 234 g/mol. The number of carbonyl (C=O) groups is 2. The number of carboxylic acid groups (broad SMARTS) is 1. The molecule has 104 valence electrons. The van der Waals surface area contributed by atoms with Crippen LogP contribution in [0, 0.1) is 11.3 Å². The summed E-state index contributed by atoms with van der Waals surface area (Å²) in [4.78, 5) is 23.0. The van der Waals surface area contributed by atoms with E-state index in [1.54, 1.807) is 20.8 Å². The standard InChI is InChI=1S/C13H23NO4/c1-8(2)13(6-7-13)9(10(15)16)14-11(17)18-12(3,4)5/h8-9H,6-7H2,1-5H3,(H,14,17)(H,15,16). The molecule has 1 rings (SSSR count). The fourth-order valence-electron chi connectivity index (χ4n) is 2.22. The fourth-order valence-corrected chi connectivity index (χ4v) is 2.22. The predicted octanol–water partition coefficient (Wildman–Crippen LogP) is 2.40. The highest BCUT2D eigenvalue weighted by molar-refractivity contribution is 5.81. The number of alkyl carbamates (subject to hydrolysis) is 1. The molecule has 0 aromatic carbocycles. The molecule has 5 nitrogen and oxygen atoms in total. The van der Waals surface area contributed by atoms with Crippen molar-refractivity contribution in [1.82, 2.24) is 5.32 Å². The topological polar surface area (TPSA) is 75.6 Å². The van der Waals surface area contributed by atoms with Crippen LogP contribution in [-0.2, 0) is 9.53 Å². The maximum atomic E-state index is 11.7. The van der Waals surface area contributed by atoms with Gasteiger partial charge in [-0.25, -0.2) is 9.59 Å². The molecule has 5 heteroatoms. The van der Waals surface area contributed by atoms with Crippen LogP contribution in [0.3, 0.4) is 0 Å². The van der Waals surface area contributed by atoms with Gasteiger partial charge in [0.15, 0.2) is 0 Å². The highest BCUT2D eigenvalue weighted by Gasteiger charge is 2.55. The summed E-state index contributed by atoms with van der Waals surface area (Å²) < 4.78 is 5.11. The minimum absolute atomic E-state index is 0.216. The van der Waals surface area contributed by atoms with Gasteiger partial charge in [-0.1, -0.05) is 13.8 Å². The number of hydrogen-bond acceptors (Lipinski definition) is 3. The van der Waals surface area contributed by atoms with Crippen LogP contribution in [0.5, 0.6) is 0 Å². The highest BCUT2D eigenvalue weighted by atomic mass is 16.6. The van der Waals surface area contributed by atoms with E-state index in [1.165, 1.54) is 0 Å². The molecule has 2 N–H and O–H groups in total. The Labute approximate surface area is 108 Å². The fraction of sp³-hybridized carbons (Fsp3) is 0.846. The second-order valence-corrected chi connectivity index (χ2v) is 6.31. The third-order valence-corrected chi connectivity index (χ3v) is 3.46. The number of carbonyl (C=O) groups excluding carboxylic acids is 1. The largest absolute Gasteiger partial charge is 0.480 e. The molecule has 0 aromatic rings. The third kappa shape index (κ3) is 3.37. The van der Waals surface area contributed by atoms with E-state index in [4.69, 9.17) is 4.74 Å². The van der Waals surface area contributed by atoms with E-state index in [0.717, 1.165) is 12.8 Å². The zero-order valence-electron chi connectivity index (χ0n) is 11.7. The lowest BCUT2D eigenvalue weighted by Gasteiger charge is -2.29. The van der Waals surface area contributed by atoms with Crippen molar-refractivity contribution in [2.45, 2.75) is 59.1 Å². The number of rotatable bonds is 4. The van der Waals surface area contributed by atoms with Gasteiger partial charge in [0.25, 0.3) is 0 Å². The molecule has 0 spiro atoms. The Hall–Kier alpha value is -1.26. The molecule has 0 heterocycles. The summed E-state index contributed by atoms with van der Waals surface area (Å²) in [6.07, 6.45) is 0.997. The minimum atomic E-state index is -0.993. The van der Waals surface area contributed by atoms with Crippen LogP contribution >= 0.6 is 0 Å². The Morgan fingerprint density at radius 1 is 1.28 bits per heavy atom. The number of carboxylic acids is 1. The first-order valence-electron chi connectivity index (χ1n) is 6.31. The first kappa shape index (κ1) is 14.8. The highest BCUT2D eigenvalue weighted by Crippen LogP contribution is 2.54. The molecule has 0 aliphatic heterocycles. The van der Waals surface area contributed by atoms with E-state index >= 15 is 0 Å². The van der Waals surface area contributed by atoms with E-state index in [2.05, 4.69) is 5.32 Å². The second kappa shape index (κ2) is 4.78. The molecule has 1 unspecified atom stereocenters. The lowest BCUT2D eigenvalue weighted by atomic mass is 9.85. The molecule has 1 saturated carbocycles. The Balaban J connectivity index is 2.71. The minimum Gasteiger partial charge on any atom is -0.480 e. The van der Waals surface area contributed by atoms with Crippen LogP contribution < -0.4 is 5.32 Å². The SMILES string of the molecule is CC(C)C1(C(NC(=O)OC(C)(C)C)C(=O)O)CC1. The molecule has 1 fully saturated rings. The molecule has 0 saturated heterocycles. The number of aliphatic carboxylic acids is 1. The summed E-state index contributed by atoms with van der Waals surface area (Å²) in [6, 6.07) is -0.868. The van der Waals surface area contributed by atoms with Crippen LogP contribution in [0.1, 0.15) is 47.5 Å². The van der Waals surface area contributed by atoms with Crippen molar-refractivity contribution >= 4 is 12.1 Å². The second-order valence-electron chi connectivity index (χ2n) is 6.31. The van der Waals surface area contributed by atoms with Crippen molar-refractivity contribution in [3.63, 3.8) is 0 Å². The van der Waals surface area contributed by atoms with Crippen molar-refractivity contribution in [3.05, 3.63) is 0 Å². The monoisotopic (exact) mass is 257 g/mol. The quantitative estimate of drug-likeness (QED) is 0.811. The zero-order chi connectivity index (χ0) is 14.1. The van der Waals surface area contributed by atoms with Gasteiger partial charge >= 0.3 is 12.1 Å². The molecule has 1 aliphatic carbocycles. The normalized spacial score (nSPS) is 19.2. The van der Waals surface area contributed by atoms with Crippen molar-refractivity contribution in [3.8, 4) is 0 Å². The van der Waals surface area contributed by atoms with Gasteiger partial charge in [-0.05, 0) is 39.5 Å². The lowest BCUT2D eigenvalue weighted by molar-refractivity contribution is -0.142. The van der Waals surface area contributed by atoms with Crippen LogP contribution in [-0.4, -0.2) is 28.8 Å². The number of hydrogen-bond donors (Lipinski definition) is 2. The van der Waals surface area contributed by atoms with E-state index in [9.17, 15) is 14.7 Å². The molecular formula is C13H23NO4. The molecule has 1 amide bonds. The molecule has 18 heavy (non-hydrogen) atoms. The first-order valence-corrected chi connectivity index (χ1v) is 6.31. The van der Waals surface area contributed by atoms with Gasteiger partial charge in [-0.2, -0.15) is 0 Å². The van der Waals surface area contributed by atoms with E-state index in [1.807, 2.05) is 13.8 Å². The Morgan fingerprint density at radius 3 is 2.06 bits per heavy atom. The first-order chi connectivity index (χ1) is 8.08. The smallest absolute Gasteiger partial charge is 0.408 e. The van der Waals surface area contributed by atoms with Crippen molar-refractivity contribution in [1.29, 1.82) is 0 Å². The maximum Gasteiger partial charge on any atom is 0.408 e. The maximum absolute atomic E-state index is 11.7. The Morgan fingerprint density at radius 2 is 1.78 bits per heavy atom. The third-order valence-electron chi connectivity index (χ3n) is 3.46. The van der Waals surface area contributed by atoms with Crippen LogP contribution in [0.4, 0.5) is 4.79 Å². The summed E-state index contributed by atoms with van der Waals surface area (Å²) in [6.45, 7) is 9.21. The van der Waals surface area contributed by atoms with Gasteiger partial charge in [0.05, 0.1) is 0 Å². The summed E-state index contributed by atoms with van der Waals surface area (Å²) in [7, 11) is 0. The number of nitrogens with one attached hydrogen (secondary N) is 1. The predicted molar refractivity (Wildman–Crippen MR) is 67.3 cm³/mol. The van der Waals surface area contributed by atoms with Gasteiger partial charge in [0, 0.05) is 5.41 Å². The number of amides is 1. The summed E-state index contributed by atoms with van der Waals surface area (Å²) in [5, 5.41) is 11.8. The average Bonchev–Trinajstić information content (AvgIpc) is 2.91. The van der Waals surface area contributed by atoms with Gasteiger partial charge < -0.3 is 15.2 Å². The van der Waals surface area contributed by atoms with E-state index in [0.29, 0.717) is 0 Å². The van der Waals surface area contributed by atoms with Gasteiger partial charge in [0.1, 0.15) is 11.6 Å². The van der Waals surface area contributed by atoms with Gasteiger partial charge in [0.2, 0.25) is 0 Å². The van der Waals surface area contributed by atoms with Gasteiger partial charge in [-0.3, -0.25) is 0 Å². The summed E-state index contributed by atoms with van der Waals surface area (Å²) >= 11 is 0. The molecule has 0 aromatic heterocycles. The van der Waals surface area contributed by atoms with Crippen molar-refractivity contribution in [2.75, 3.05) is 0 Å².